The van der Waals surface area contributed by atoms with Gasteiger partial charge in [0, 0.05) is 13.1 Å². The number of guanidine groups is 1. The summed E-state index contributed by atoms with van der Waals surface area (Å²) in [6, 6.07) is 12.1. The summed E-state index contributed by atoms with van der Waals surface area (Å²) in [5.74, 6) is 0.00224. The van der Waals surface area contributed by atoms with Crippen LogP contribution in [0.15, 0.2) is 53.5 Å². The van der Waals surface area contributed by atoms with Gasteiger partial charge < -0.3 is 15.7 Å². The molecule has 4 nitrogen and oxygen atoms in total. The average Bonchev–Trinajstić information content (AvgIpc) is 2.61. The zero-order valence-electron chi connectivity index (χ0n) is 14.2. The Morgan fingerprint density at radius 3 is 2.20 bits per heavy atom. The highest BCUT2D eigenvalue weighted by Crippen LogP contribution is 2.13. The lowest BCUT2D eigenvalue weighted by Gasteiger charge is -2.13. The molecule has 0 saturated carbocycles. The van der Waals surface area contributed by atoms with Crippen molar-refractivity contribution in [1.29, 1.82) is 0 Å². The molecule has 0 saturated heterocycles. The van der Waals surface area contributed by atoms with Gasteiger partial charge in [-0.1, -0.05) is 24.3 Å². The van der Waals surface area contributed by atoms with Crippen LogP contribution in [0.4, 0.5) is 8.78 Å². The van der Waals surface area contributed by atoms with Crippen molar-refractivity contribution in [2.45, 2.75) is 19.4 Å². The number of nitrogens with one attached hydrogen (secondary N) is 2. The third kappa shape index (κ3) is 6.51. The molecule has 0 spiro atoms. The molecule has 134 valence electrons. The van der Waals surface area contributed by atoms with E-state index in [1.807, 2.05) is 6.92 Å². The van der Waals surface area contributed by atoms with Gasteiger partial charge in [0.1, 0.15) is 11.6 Å². The summed E-state index contributed by atoms with van der Waals surface area (Å²) in [6.45, 7) is 3.43. The van der Waals surface area contributed by atoms with Crippen LogP contribution in [0.3, 0.4) is 0 Å². The molecular formula is C19H23F2N3O. The minimum atomic E-state index is -0.798. The van der Waals surface area contributed by atoms with Gasteiger partial charge in [0.05, 0.1) is 12.6 Å². The summed E-state index contributed by atoms with van der Waals surface area (Å²) in [5, 5.41) is 16.4. The summed E-state index contributed by atoms with van der Waals surface area (Å²) >= 11 is 0. The number of halogens is 2. The van der Waals surface area contributed by atoms with E-state index in [-0.39, 0.29) is 18.2 Å². The molecule has 1 unspecified atom stereocenters. The van der Waals surface area contributed by atoms with E-state index >= 15 is 0 Å². The zero-order chi connectivity index (χ0) is 18.1. The normalized spacial score (nSPS) is 12.7. The summed E-state index contributed by atoms with van der Waals surface area (Å²) < 4.78 is 25.8. The second kappa shape index (κ2) is 9.74. The van der Waals surface area contributed by atoms with Crippen LogP contribution in [0.2, 0.25) is 0 Å². The molecule has 2 aromatic carbocycles. The van der Waals surface area contributed by atoms with Crippen LogP contribution in [0, 0.1) is 11.6 Å². The third-order valence-corrected chi connectivity index (χ3v) is 3.64. The Morgan fingerprint density at radius 1 is 1.00 bits per heavy atom. The van der Waals surface area contributed by atoms with Gasteiger partial charge in [0.25, 0.3) is 0 Å². The fraction of sp³-hybridized carbons (Fsp3) is 0.316. The highest BCUT2D eigenvalue weighted by molar-refractivity contribution is 5.79. The lowest BCUT2D eigenvalue weighted by molar-refractivity contribution is 0.187. The van der Waals surface area contributed by atoms with Gasteiger partial charge >= 0.3 is 0 Å². The van der Waals surface area contributed by atoms with E-state index in [0.29, 0.717) is 24.6 Å². The molecule has 0 amide bonds. The maximum absolute atomic E-state index is 12.9. The van der Waals surface area contributed by atoms with Crippen molar-refractivity contribution in [2.75, 3.05) is 19.6 Å². The topological polar surface area (TPSA) is 56.7 Å². The van der Waals surface area contributed by atoms with Crippen molar-refractivity contribution in [1.82, 2.24) is 10.6 Å². The molecule has 6 heteroatoms. The van der Waals surface area contributed by atoms with Crippen molar-refractivity contribution in [3.63, 3.8) is 0 Å². The molecule has 25 heavy (non-hydrogen) atoms. The number of hydrogen-bond acceptors (Lipinski definition) is 2. The Kier molecular flexibility index (Phi) is 7.35. The molecule has 0 fully saturated rings. The number of nitrogens with zero attached hydrogens (tertiary/aromatic N) is 1. The first-order valence-electron chi connectivity index (χ1n) is 8.28. The monoisotopic (exact) mass is 347 g/mol. The van der Waals surface area contributed by atoms with E-state index < -0.39 is 6.10 Å². The van der Waals surface area contributed by atoms with Gasteiger partial charge in [-0.2, -0.15) is 0 Å². The molecular weight excluding hydrogens is 324 g/mol. The van der Waals surface area contributed by atoms with Crippen LogP contribution < -0.4 is 10.6 Å². The van der Waals surface area contributed by atoms with Crippen LogP contribution in [-0.2, 0) is 6.42 Å². The predicted molar refractivity (Wildman–Crippen MR) is 95.4 cm³/mol. The van der Waals surface area contributed by atoms with E-state index in [1.54, 1.807) is 24.3 Å². The summed E-state index contributed by atoms with van der Waals surface area (Å²) in [6.07, 6.45) is -0.0706. The van der Waals surface area contributed by atoms with Gasteiger partial charge in [-0.25, -0.2) is 8.78 Å². The summed E-state index contributed by atoms with van der Waals surface area (Å²) in [5.41, 5.74) is 1.64. The fourth-order valence-corrected chi connectivity index (χ4v) is 2.29. The quantitative estimate of drug-likeness (QED) is 0.533. The van der Waals surface area contributed by atoms with Crippen LogP contribution in [0.5, 0.6) is 0 Å². The Labute approximate surface area is 146 Å². The largest absolute Gasteiger partial charge is 0.386 e. The van der Waals surface area contributed by atoms with Gasteiger partial charge in [0.15, 0.2) is 5.96 Å². The van der Waals surface area contributed by atoms with E-state index in [9.17, 15) is 13.9 Å². The Bertz CT molecular complexity index is 672. The molecule has 3 N–H and O–H groups in total. The molecule has 0 bridgehead atoms. The molecule has 0 radical (unpaired) electrons. The van der Waals surface area contributed by atoms with Gasteiger partial charge in [-0.15, -0.1) is 0 Å². The Balaban J connectivity index is 1.86. The van der Waals surface area contributed by atoms with Gasteiger partial charge in [-0.05, 0) is 48.7 Å². The van der Waals surface area contributed by atoms with Gasteiger partial charge in [0.2, 0.25) is 0 Å². The van der Waals surface area contributed by atoms with E-state index in [0.717, 1.165) is 12.0 Å². The standard InChI is InChI=1S/C19H23F2N3O/c1-2-22-19(23-12-11-14-3-7-16(20)8-4-14)24-13-18(25)15-5-9-17(21)10-6-15/h3-10,18,25H,2,11-13H2,1H3,(H2,22,23,24). The van der Waals surface area contributed by atoms with Crippen molar-refractivity contribution in [3.8, 4) is 0 Å². The van der Waals surface area contributed by atoms with Gasteiger partial charge in [-0.3, -0.25) is 4.99 Å². The van der Waals surface area contributed by atoms with Crippen LogP contribution in [0.25, 0.3) is 0 Å². The maximum Gasteiger partial charge on any atom is 0.191 e. The first-order valence-corrected chi connectivity index (χ1v) is 8.28. The third-order valence-electron chi connectivity index (χ3n) is 3.64. The summed E-state index contributed by atoms with van der Waals surface area (Å²) in [7, 11) is 0. The van der Waals surface area contributed by atoms with Crippen LogP contribution in [0.1, 0.15) is 24.2 Å². The second-order valence-electron chi connectivity index (χ2n) is 5.59. The number of rotatable bonds is 7. The zero-order valence-corrected chi connectivity index (χ0v) is 14.2. The summed E-state index contributed by atoms with van der Waals surface area (Å²) in [4.78, 5) is 4.35. The van der Waals surface area contributed by atoms with Crippen molar-refractivity contribution >= 4 is 5.96 Å². The minimum absolute atomic E-state index is 0.164. The van der Waals surface area contributed by atoms with Crippen molar-refractivity contribution < 1.29 is 13.9 Å². The van der Waals surface area contributed by atoms with Crippen LogP contribution >= 0.6 is 0 Å². The smallest absolute Gasteiger partial charge is 0.191 e. The van der Waals surface area contributed by atoms with Crippen molar-refractivity contribution in [2.24, 2.45) is 4.99 Å². The fourth-order valence-electron chi connectivity index (χ4n) is 2.29. The lowest BCUT2D eigenvalue weighted by Crippen LogP contribution is -2.38. The molecule has 2 aromatic rings. The first kappa shape index (κ1) is 18.9. The molecule has 0 aliphatic carbocycles. The second-order valence-corrected chi connectivity index (χ2v) is 5.59. The molecule has 2 rings (SSSR count). The predicted octanol–water partition coefficient (Wildman–Crippen LogP) is 2.80. The number of aliphatic imine (C=N–C) groups is 1. The highest BCUT2D eigenvalue weighted by atomic mass is 19.1. The molecule has 0 aliphatic rings. The number of hydrogen-bond donors (Lipinski definition) is 3. The SMILES string of the molecule is CCNC(=NCC(O)c1ccc(F)cc1)NCCc1ccc(F)cc1. The van der Waals surface area contributed by atoms with E-state index in [2.05, 4.69) is 15.6 Å². The molecule has 0 heterocycles. The molecule has 0 aromatic heterocycles. The van der Waals surface area contributed by atoms with E-state index in [4.69, 9.17) is 0 Å². The van der Waals surface area contributed by atoms with Crippen LogP contribution in [-0.4, -0.2) is 30.7 Å². The van der Waals surface area contributed by atoms with E-state index in [1.165, 1.54) is 24.3 Å². The lowest BCUT2D eigenvalue weighted by atomic mass is 10.1. The highest BCUT2D eigenvalue weighted by Gasteiger charge is 2.07. The number of aliphatic hydroxyl groups is 1. The first-order chi connectivity index (χ1) is 12.1. The van der Waals surface area contributed by atoms with Crippen molar-refractivity contribution in [3.05, 3.63) is 71.3 Å². The number of aliphatic hydroxyl groups excluding tert-OH is 1. The molecule has 0 aliphatic heterocycles. The maximum atomic E-state index is 12.9. The average molecular weight is 347 g/mol. The number of benzene rings is 2. The Morgan fingerprint density at radius 2 is 1.60 bits per heavy atom. The Hall–Kier alpha value is -2.47. The minimum Gasteiger partial charge on any atom is -0.386 e. The molecule has 1 atom stereocenters.